The number of aryl methyl sites for hydroxylation is 2. The number of hydrogen-bond donors (Lipinski definition) is 1. The third-order valence-electron chi connectivity index (χ3n) is 6.34. The largest absolute Gasteiger partial charge is 0.507 e. The van der Waals surface area contributed by atoms with Crippen LogP contribution in [0.4, 0.5) is 9.52 Å². The molecule has 10 nitrogen and oxygen atoms in total. The average Bonchev–Trinajstić information content (AvgIpc) is 3.45. The molecule has 1 aromatic heterocycles. The van der Waals surface area contributed by atoms with Crippen LogP contribution in [0.1, 0.15) is 45.0 Å². The molecule has 210 valence electrons. The minimum Gasteiger partial charge on any atom is -0.507 e. The highest BCUT2D eigenvalue weighted by molar-refractivity contribution is 7.17. The number of ketones is 1. The van der Waals surface area contributed by atoms with Crippen molar-refractivity contribution in [1.82, 2.24) is 4.98 Å². The number of hydrogen-bond acceptors (Lipinski definition) is 10. The molecule has 1 saturated heterocycles. The Morgan fingerprint density at radius 2 is 1.73 bits per heavy atom. The Balaban J connectivity index is 2.01. The molecule has 0 bridgehead atoms. The second-order valence-electron chi connectivity index (χ2n) is 8.72. The van der Waals surface area contributed by atoms with E-state index in [4.69, 9.17) is 18.9 Å². The number of rotatable bonds is 8. The van der Waals surface area contributed by atoms with Crippen molar-refractivity contribution in [2.45, 2.75) is 26.8 Å². The molecule has 0 radical (unpaired) electrons. The Hall–Kier alpha value is -4.45. The van der Waals surface area contributed by atoms with Gasteiger partial charge in [0.25, 0.3) is 5.78 Å². The molecule has 40 heavy (non-hydrogen) atoms. The summed E-state index contributed by atoms with van der Waals surface area (Å²) in [6.07, 6.45) is 0. The number of carbonyl (C=O) groups is 3. The van der Waals surface area contributed by atoms with Crippen LogP contribution in [0.25, 0.3) is 5.76 Å². The maximum atomic E-state index is 14.4. The van der Waals surface area contributed by atoms with Crippen molar-refractivity contribution in [1.29, 1.82) is 0 Å². The van der Waals surface area contributed by atoms with Crippen LogP contribution in [0.2, 0.25) is 0 Å². The van der Waals surface area contributed by atoms with Crippen LogP contribution in [0, 0.1) is 19.7 Å². The number of nitrogens with zero attached hydrogens (tertiary/aromatic N) is 2. The number of amides is 1. The van der Waals surface area contributed by atoms with Crippen LogP contribution in [-0.2, 0) is 14.3 Å². The lowest BCUT2D eigenvalue weighted by Crippen LogP contribution is -2.29. The normalized spacial score (nSPS) is 16.3. The predicted octanol–water partition coefficient (Wildman–Crippen LogP) is 4.73. The molecule has 4 rings (SSSR count). The molecule has 2 aromatic carbocycles. The lowest BCUT2D eigenvalue weighted by molar-refractivity contribution is -0.132. The highest BCUT2D eigenvalue weighted by Gasteiger charge is 2.49. The van der Waals surface area contributed by atoms with Gasteiger partial charge in [-0.2, -0.15) is 0 Å². The summed E-state index contributed by atoms with van der Waals surface area (Å²) in [5.41, 5.74) is 0.620. The fourth-order valence-electron chi connectivity index (χ4n) is 4.37. The molecule has 0 saturated carbocycles. The first-order chi connectivity index (χ1) is 19.1. The van der Waals surface area contributed by atoms with Gasteiger partial charge in [0.15, 0.2) is 16.6 Å². The zero-order valence-corrected chi connectivity index (χ0v) is 23.5. The van der Waals surface area contributed by atoms with Crippen molar-refractivity contribution in [2.75, 3.05) is 32.8 Å². The Bertz CT molecular complexity index is 1520. The molecule has 1 aliphatic heterocycles. The molecule has 3 aromatic rings. The van der Waals surface area contributed by atoms with Gasteiger partial charge in [-0.3, -0.25) is 14.5 Å². The van der Waals surface area contributed by atoms with E-state index in [0.29, 0.717) is 16.8 Å². The summed E-state index contributed by atoms with van der Waals surface area (Å²) in [7, 11) is 4.24. The van der Waals surface area contributed by atoms with Crippen LogP contribution in [0.3, 0.4) is 0 Å². The van der Waals surface area contributed by atoms with Crippen molar-refractivity contribution in [3.05, 3.63) is 69.0 Å². The third-order valence-corrected chi connectivity index (χ3v) is 7.48. The number of thiazole rings is 1. The van der Waals surface area contributed by atoms with Crippen molar-refractivity contribution < 1.29 is 42.8 Å². The number of esters is 1. The van der Waals surface area contributed by atoms with Crippen molar-refractivity contribution in [3.8, 4) is 17.2 Å². The number of benzene rings is 2. The molecule has 1 fully saturated rings. The summed E-state index contributed by atoms with van der Waals surface area (Å²) in [6, 6.07) is 5.78. The van der Waals surface area contributed by atoms with Gasteiger partial charge in [-0.05, 0) is 50.1 Å². The third kappa shape index (κ3) is 4.86. The van der Waals surface area contributed by atoms with Gasteiger partial charge in [0.2, 0.25) is 5.75 Å². The van der Waals surface area contributed by atoms with Crippen LogP contribution < -0.4 is 19.1 Å². The number of carbonyl (C=O) groups excluding carboxylic acids is 3. The van der Waals surface area contributed by atoms with Crippen molar-refractivity contribution in [2.24, 2.45) is 0 Å². The summed E-state index contributed by atoms with van der Waals surface area (Å²) < 4.78 is 35.9. The van der Waals surface area contributed by atoms with Crippen LogP contribution in [0.15, 0.2) is 35.9 Å². The van der Waals surface area contributed by atoms with Gasteiger partial charge in [-0.25, -0.2) is 14.2 Å². The Kier molecular flexibility index (Phi) is 8.10. The summed E-state index contributed by atoms with van der Waals surface area (Å²) >= 11 is 0.866. The molecule has 1 aliphatic rings. The summed E-state index contributed by atoms with van der Waals surface area (Å²) in [5.74, 6) is -3.12. The second kappa shape index (κ2) is 11.3. The van der Waals surface area contributed by atoms with E-state index in [0.717, 1.165) is 22.3 Å². The first-order valence-corrected chi connectivity index (χ1v) is 12.9. The summed E-state index contributed by atoms with van der Waals surface area (Å²) in [6.45, 7) is 4.92. The number of aliphatic hydroxyl groups excluding tert-OH is 1. The molecule has 2 heterocycles. The predicted molar refractivity (Wildman–Crippen MR) is 145 cm³/mol. The van der Waals surface area contributed by atoms with Gasteiger partial charge in [0, 0.05) is 5.56 Å². The number of Topliss-reactive ketones (excluding diaryl/α,β-unsaturated/α-hetero) is 1. The summed E-state index contributed by atoms with van der Waals surface area (Å²) in [5, 5.41) is 11.4. The molecular formula is C28H27FN2O8S. The maximum absolute atomic E-state index is 14.4. The fraction of sp³-hybridized carbons (Fsp3) is 0.286. The number of aliphatic hydroxyl groups is 1. The number of aromatic nitrogens is 1. The summed E-state index contributed by atoms with van der Waals surface area (Å²) in [4.78, 5) is 45.1. The second-order valence-corrected chi connectivity index (χ2v) is 9.70. The standard InChI is InChI=1S/C28H27FN2O8S/c1-7-39-27(35)25-14(3)30-28(40-25)31-21(16-11-18(36-4)24(38-6)19(12-16)37-5)20(23(33)26(31)34)22(32)15-9-8-13(2)17(29)10-15/h8-12,21,32H,7H2,1-6H3/t21-/m0/s1. The molecule has 0 spiro atoms. The van der Waals surface area contributed by atoms with Gasteiger partial charge in [0.1, 0.15) is 16.5 Å². The topological polar surface area (TPSA) is 124 Å². The van der Waals surface area contributed by atoms with E-state index in [1.165, 1.54) is 45.6 Å². The van der Waals surface area contributed by atoms with E-state index >= 15 is 0 Å². The zero-order chi connectivity index (χ0) is 29.3. The van der Waals surface area contributed by atoms with E-state index in [2.05, 4.69) is 4.98 Å². The highest BCUT2D eigenvalue weighted by atomic mass is 32.1. The average molecular weight is 571 g/mol. The van der Waals surface area contributed by atoms with Crippen LogP contribution >= 0.6 is 11.3 Å². The van der Waals surface area contributed by atoms with Gasteiger partial charge < -0.3 is 24.1 Å². The SMILES string of the molecule is CCOC(=O)c1sc(N2C(=O)C(=O)C(=C(O)c3ccc(C)c(F)c3)[C@@H]2c2cc(OC)c(OC)c(OC)c2)nc1C. The lowest BCUT2D eigenvalue weighted by atomic mass is 9.94. The molecular weight excluding hydrogens is 543 g/mol. The van der Waals surface area contributed by atoms with E-state index in [9.17, 15) is 23.9 Å². The number of ether oxygens (including phenoxy) is 4. The Labute approximate surface area is 233 Å². The highest BCUT2D eigenvalue weighted by Crippen LogP contribution is 2.48. The van der Waals surface area contributed by atoms with E-state index in [1.807, 2.05) is 0 Å². The van der Waals surface area contributed by atoms with Gasteiger partial charge in [0.05, 0.1) is 45.2 Å². The van der Waals surface area contributed by atoms with E-state index in [-0.39, 0.29) is 45.0 Å². The van der Waals surface area contributed by atoms with Crippen LogP contribution in [0.5, 0.6) is 17.2 Å². The van der Waals surface area contributed by atoms with Gasteiger partial charge >= 0.3 is 11.9 Å². The first kappa shape index (κ1) is 28.6. The van der Waals surface area contributed by atoms with Gasteiger partial charge in [-0.1, -0.05) is 23.5 Å². The van der Waals surface area contributed by atoms with Gasteiger partial charge in [-0.15, -0.1) is 0 Å². The van der Waals surface area contributed by atoms with Crippen molar-refractivity contribution in [3.63, 3.8) is 0 Å². The molecule has 12 heteroatoms. The van der Waals surface area contributed by atoms with E-state index < -0.39 is 35.3 Å². The lowest BCUT2D eigenvalue weighted by Gasteiger charge is -2.24. The molecule has 1 N–H and O–H groups in total. The molecule has 0 unspecified atom stereocenters. The minimum absolute atomic E-state index is 0.000994. The number of halogens is 1. The maximum Gasteiger partial charge on any atom is 0.350 e. The molecule has 1 amide bonds. The number of anilines is 1. The van der Waals surface area contributed by atoms with Crippen molar-refractivity contribution >= 4 is 39.9 Å². The monoisotopic (exact) mass is 570 g/mol. The number of methoxy groups -OCH3 is 3. The van der Waals surface area contributed by atoms with E-state index in [1.54, 1.807) is 20.8 Å². The molecule has 0 aliphatic carbocycles. The molecule has 1 atom stereocenters. The van der Waals surface area contributed by atoms with Crippen LogP contribution in [-0.4, -0.2) is 55.7 Å². The Morgan fingerprint density at radius 3 is 2.27 bits per heavy atom. The minimum atomic E-state index is -1.25. The Morgan fingerprint density at radius 1 is 1.07 bits per heavy atom. The first-order valence-electron chi connectivity index (χ1n) is 12.1. The quantitative estimate of drug-likeness (QED) is 0.177. The fourth-order valence-corrected chi connectivity index (χ4v) is 5.36. The zero-order valence-electron chi connectivity index (χ0n) is 22.7. The smallest absolute Gasteiger partial charge is 0.350 e.